The molecule has 1 N–H and O–H groups in total. The fourth-order valence-corrected chi connectivity index (χ4v) is 4.92. The van der Waals surface area contributed by atoms with Crippen LogP contribution in [0.1, 0.15) is 24.3 Å². The number of benzene rings is 1. The average Bonchev–Trinajstić information content (AvgIpc) is 2.97. The molecule has 3 aromatic rings. The van der Waals surface area contributed by atoms with E-state index in [1.807, 2.05) is 36.5 Å². The second kappa shape index (κ2) is 11.4. The fourth-order valence-electron chi connectivity index (χ4n) is 4.92. The highest BCUT2D eigenvalue weighted by Crippen LogP contribution is 2.25. The Kier molecular flexibility index (Phi) is 7.60. The molecule has 11 heteroatoms. The van der Waals surface area contributed by atoms with E-state index in [1.54, 1.807) is 23.5 Å². The van der Waals surface area contributed by atoms with Gasteiger partial charge in [-0.05, 0) is 30.2 Å². The van der Waals surface area contributed by atoms with Gasteiger partial charge in [-0.25, -0.2) is 9.97 Å². The Balaban J connectivity index is 1.32. The molecule has 11 nitrogen and oxygen atoms in total. The molecule has 1 amide bonds. The molecule has 0 spiro atoms. The van der Waals surface area contributed by atoms with Crippen LogP contribution < -0.4 is 10.2 Å². The van der Waals surface area contributed by atoms with Crippen molar-refractivity contribution in [1.29, 1.82) is 5.26 Å². The quantitative estimate of drug-likeness (QED) is 0.319. The van der Waals surface area contributed by atoms with E-state index in [0.717, 1.165) is 22.4 Å². The minimum Gasteiger partial charge on any atom is -0.378 e. The summed E-state index contributed by atoms with van der Waals surface area (Å²) in [4.78, 5) is 36.4. The zero-order valence-electron chi connectivity index (χ0n) is 21.6. The minimum absolute atomic E-state index is 0.0629. The number of amides is 1. The van der Waals surface area contributed by atoms with Crippen LogP contribution in [-0.2, 0) is 4.74 Å². The van der Waals surface area contributed by atoms with Crippen LogP contribution >= 0.6 is 0 Å². The number of aliphatic imine (C=N–C) groups is 1. The summed E-state index contributed by atoms with van der Waals surface area (Å²) in [7, 11) is 0. The van der Waals surface area contributed by atoms with Crippen LogP contribution in [0.15, 0.2) is 53.9 Å². The molecular weight excluding hydrogens is 482 g/mol. The van der Waals surface area contributed by atoms with Crippen LogP contribution in [-0.4, -0.2) is 88.6 Å². The van der Waals surface area contributed by atoms with E-state index in [4.69, 9.17) is 4.74 Å². The number of nitrogens with zero attached hydrogens (tertiary/aromatic N) is 8. The van der Waals surface area contributed by atoms with Crippen molar-refractivity contribution in [3.05, 3.63) is 54.6 Å². The number of guanidine groups is 1. The maximum atomic E-state index is 12.7. The molecule has 1 atom stereocenters. The summed E-state index contributed by atoms with van der Waals surface area (Å²) in [6.07, 6.45) is 6.96. The van der Waals surface area contributed by atoms with Gasteiger partial charge in [-0.1, -0.05) is 19.9 Å². The van der Waals surface area contributed by atoms with Crippen molar-refractivity contribution in [3.8, 4) is 6.19 Å². The lowest BCUT2D eigenvalue weighted by atomic mass is 9.99. The van der Waals surface area contributed by atoms with Gasteiger partial charge in [0.25, 0.3) is 5.91 Å². The molecule has 0 radical (unpaired) electrons. The monoisotopic (exact) mass is 513 g/mol. The second-order valence-corrected chi connectivity index (χ2v) is 9.65. The Morgan fingerprint density at radius 2 is 1.95 bits per heavy atom. The lowest BCUT2D eigenvalue weighted by molar-refractivity contribution is 0.0298. The number of fused-ring (bicyclic) bond motifs is 1. The number of aromatic nitrogens is 3. The van der Waals surface area contributed by atoms with Gasteiger partial charge in [0.2, 0.25) is 12.2 Å². The molecule has 0 saturated carbocycles. The Hall–Kier alpha value is -4.30. The topological polar surface area (TPSA) is 123 Å². The molecule has 2 aliphatic heterocycles. The van der Waals surface area contributed by atoms with Gasteiger partial charge in [-0.3, -0.25) is 9.78 Å². The second-order valence-electron chi connectivity index (χ2n) is 9.65. The van der Waals surface area contributed by atoms with Gasteiger partial charge in [-0.15, -0.1) is 4.99 Å². The first-order valence-corrected chi connectivity index (χ1v) is 12.8. The summed E-state index contributed by atoms with van der Waals surface area (Å²) in [5.41, 5.74) is 2.06. The van der Waals surface area contributed by atoms with Crippen molar-refractivity contribution in [3.63, 3.8) is 0 Å². The smallest absolute Gasteiger partial charge is 0.274 e. The van der Waals surface area contributed by atoms with Crippen LogP contribution in [0.4, 0.5) is 11.5 Å². The van der Waals surface area contributed by atoms with E-state index >= 15 is 0 Å². The molecule has 2 aliphatic rings. The number of rotatable bonds is 4. The molecular formula is C27H31N9O2. The normalized spacial score (nSPS) is 18.5. The zero-order chi connectivity index (χ0) is 26.5. The molecule has 0 aliphatic carbocycles. The predicted octanol–water partition coefficient (Wildman–Crippen LogP) is 2.59. The third-order valence-electron chi connectivity index (χ3n) is 6.99. The Morgan fingerprint density at radius 3 is 2.68 bits per heavy atom. The van der Waals surface area contributed by atoms with E-state index in [-0.39, 0.29) is 17.9 Å². The molecule has 1 aromatic carbocycles. The number of ether oxygens (including phenoxy) is 1. The highest BCUT2D eigenvalue weighted by atomic mass is 16.5. The number of hydrogen-bond donors (Lipinski definition) is 1. The number of anilines is 2. The first-order valence-electron chi connectivity index (χ1n) is 12.8. The maximum absolute atomic E-state index is 12.7. The van der Waals surface area contributed by atoms with Crippen LogP contribution in [0.2, 0.25) is 0 Å². The molecule has 2 aromatic heterocycles. The number of nitriles is 1. The molecule has 2 saturated heterocycles. The van der Waals surface area contributed by atoms with Gasteiger partial charge in [0.15, 0.2) is 0 Å². The van der Waals surface area contributed by atoms with Gasteiger partial charge in [-0.2, -0.15) is 5.26 Å². The van der Waals surface area contributed by atoms with Crippen molar-refractivity contribution in [2.75, 3.05) is 56.2 Å². The molecule has 38 heavy (non-hydrogen) atoms. The van der Waals surface area contributed by atoms with E-state index in [9.17, 15) is 10.1 Å². The van der Waals surface area contributed by atoms with Gasteiger partial charge in [0.05, 0.1) is 42.9 Å². The zero-order valence-corrected chi connectivity index (χ0v) is 21.6. The number of carbonyl (C=O) groups excluding carboxylic acids is 1. The van der Waals surface area contributed by atoms with E-state index in [2.05, 4.69) is 48.9 Å². The predicted molar refractivity (Wildman–Crippen MR) is 145 cm³/mol. The highest BCUT2D eigenvalue weighted by molar-refractivity contribution is 6.02. The molecule has 2 fully saturated rings. The summed E-state index contributed by atoms with van der Waals surface area (Å²) >= 11 is 0. The SMILES string of the molecule is CC(C)C1CN(c2cnc(C(=O)N3CCOCC3)cn2)CCN1/C(=N\C#N)Nc1cccc2ncccc12. The van der Waals surface area contributed by atoms with E-state index in [1.165, 1.54) is 0 Å². The number of nitrogens with one attached hydrogen (secondary N) is 1. The van der Waals surface area contributed by atoms with Crippen LogP contribution in [0.25, 0.3) is 10.9 Å². The molecule has 196 valence electrons. The highest BCUT2D eigenvalue weighted by Gasteiger charge is 2.33. The molecule has 1 unspecified atom stereocenters. The summed E-state index contributed by atoms with van der Waals surface area (Å²) in [6, 6.07) is 9.81. The van der Waals surface area contributed by atoms with Crippen molar-refractivity contribution >= 4 is 34.3 Å². The molecule has 0 bridgehead atoms. The van der Waals surface area contributed by atoms with Gasteiger partial charge >= 0.3 is 0 Å². The first kappa shape index (κ1) is 25.4. The third kappa shape index (κ3) is 5.35. The van der Waals surface area contributed by atoms with E-state index in [0.29, 0.717) is 57.6 Å². The average molecular weight is 514 g/mol. The van der Waals surface area contributed by atoms with Gasteiger partial charge in [0.1, 0.15) is 11.5 Å². The Morgan fingerprint density at radius 1 is 1.11 bits per heavy atom. The molecule has 4 heterocycles. The number of piperazine rings is 1. The standard InChI is InChI=1S/C27H31N9O2/c1-19(2)24-17-35(25-16-30-23(15-31-25)26(37)34-11-13-38-14-12-34)9-10-36(24)27(32-18-28)33-22-7-3-6-21-20(22)5-4-8-29-21/h3-8,15-16,19,24H,9-14,17H2,1-2H3,(H,32,33). The first-order chi connectivity index (χ1) is 18.5. The number of morpholine rings is 1. The lowest BCUT2D eigenvalue weighted by Gasteiger charge is -2.44. The van der Waals surface area contributed by atoms with Crippen molar-refractivity contribution < 1.29 is 9.53 Å². The van der Waals surface area contributed by atoms with Crippen molar-refractivity contribution in [1.82, 2.24) is 24.8 Å². The maximum Gasteiger partial charge on any atom is 0.274 e. The number of carbonyl (C=O) groups is 1. The van der Waals surface area contributed by atoms with Crippen molar-refractivity contribution in [2.24, 2.45) is 10.9 Å². The Bertz CT molecular complexity index is 1340. The summed E-state index contributed by atoms with van der Waals surface area (Å²) < 4.78 is 5.33. The van der Waals surface area contributed by atoms with Crippen molar-refractivity contribution in [2.45, 2.75) is 19.9 Å². The van der Waals surface area contributed by atoms with Gasteiger partial charge < -0.3 is 24.8 Å². The van der Waals surface area contributed by atoms with Crippen LogP contribution in [0, 0.1) is 17.4 Å². The molecule has 5 rings (SSSR count). The summed E-state index contributed by atoms with van der Waals surface area (Å²) in [5, 5.41) is 13.9. The van der Waals surface area contributed by atoms with Crippen LogP contribution in [0.5, 0.6) is 0 Å². The van der Waals surface area contributed by atoms with E-state index < -0.39 is 0 Å². The summed E-state index contributed by atoms with van der Waals surface area (Å²) in [5.74, 6) is 1.39. The van der Waals surface area contributed by atoms with Crippen LogP contribution in [0.3, 0.4) is 0 Å². The largest absolute Gasteiger partial charge is 0.378 e. The van der Waals surface area contributed by atoms with Gasteiger partial charge in [0, 0.05) is 44.3 Å². The Labute approximate surface area is 221 Å². The lowest BCUT2D eigenvalue weighted by Crippen LogP contribution is -2.58. The summed E-state index contributed by atoms with van der Waals surface area (Å²) in [6.45, 7) is 8.50. The number of hydrogen-bond acceptors (Lipinski definition) is 8. The number of pyridine rings is 1. The third-order valence-corrected chi connectivity index (χ3v) is 6.99. The minimum atomic E-state index is -0.121. The fraction of sp³-hybridized carbons (Fsp3) is 0.407.